The van der Waals surface area contributed by atoms with Crippen molar-refractivity contribution in [1.82, 2.24) is 0 Å². The second kappa shape index (κ2) is 7.38. The van der Waals surface area contributed by atoms with Crippen molar-refractivity contribution in [3.8, 4) is 0 Å². The van der Waals surface area contributed by atoms with Gasteiger partial charge in [-0.2, -0.15) is 0 Å². The molecule has 0 fully saturated rings. The maximum Gasteiger partial charge on any atom is 0.338 e. The third kappa shape index (κ3) is 4.08. The molecule has 0 unspecified atom stereocenters. The Hall–Kier alpha value is -0.960. The van der Waals surface area contributed by atoms with Crippen molar-refractivity contribution in [2.45, 2.75) is 33.1 Å². The monoisotopic (exact) mass is 258 g/mol. The summed E-state index contributed by atoms with van der Waals surface area (Å²) < 4.78 is 10.5. The molecule has 1 aliphatic carbocycles. The first-order chi connectivity index (χ1) is 8.22. The normalized spacial score (nSPS) is 14.9. The summed E-state index contributed by atoms with van der Waals surface area (Å²) >= 11 is 5.66. The van der Waals surface area contributed by atoms with Crippen LogP contribution >= 0.6 is 11.6 Å². The number of hydrogen-bond acceptors (Lipinski definition) is 3. The molecule has 0 aliphatic heterocycles. The average Bonchev–Trinajstić information content (AvgIpc) is 2.70. The van der Waals surface area contributed by atoms with E-state index in [4.69, 9.17) is 21.1 Å². The van der Waals surface area contributed by atoms with E-state index in [0.29, 0.717) is 36.8 Å². The number of allylic oxidation sites excluding steroid dienone is 2. The number of halogens is 1. The highest BCUT2D eigenvalue weighted by Gasteiger charge is 2.23. The molecule has 0 saturated carbocycles. The van der Waals surface area contributed by atoms with E-state index in [-0.39, 0.29) is 5.97 Å². The Balaban J connectivity index is 2.68. The van der Waals surface area contributed by atoms with Crippen LogP contribution in [0.15, 0.2) is 23.0 Å². The number of carbonyl (C=O) groups excluding carboxylic acids is 1. The fraction of sp³-hybridized carbons (Fsp3) is 0.615. The molecule has 0 radical (unpaired) electrons. The van der Waals surface area contributed by atoms with Gasteiger partial charge in [0.2, 0.25) is 0 Å². The standard InChI is InChI=1S/C13H19ClO3/c1-3-16-12-9-10(6-5-7-14)8-11(12)13(15)17-4-2/h9H,3-8H2,1-2H3. The zero-order valence-electron chi connectivity index (χ0n) is 10.4. The molecule has 0 saturated heterocycles. The third-order valence-corrected chi connectivity index (χ3v) is 2.76. The predicted octanol–water partition coefficient (Wildman–Crippen LogP) is 3.19. The highest BCUT2D eigenvalue weighted by atomic mass is 35.5. The lowest BCUT2D eigenvalue weighted by molar-refractivity contribution is -0.138. The average molecular weight is 259 g/mol. The number of carbonyl (C=O) groups is 1. The summed E-state index contributed by atoms with van der Waals surface area (Å²) in [6.45, 7) is 4.65. The van der Waals surface area contributed by atoms with E-state index in [2.05, 4.69) is 0 Å². The molecule has 0 N–H and O–H groups in total. The van der Waals surface area contributed by atoms with Crippen LogP contribution in [-0.2, 0) is 14.3 Å². The molecule has 1 rings (SSSR count). The van der Waals surface area contributed by atoms with E-state index in [1.165, 1.54) is 5.57 Å². The van der Waals surface area contributed by atoms with Gasteiger partial charge in [0.05, 0.1) is 18.8 Å². The van der Waals surface area contributed by atoms with Crippen molar-refractivity contribution in [2.75, 3.05) is 19.1 Å². The molecular formula is C13H19ClO3. The van der Waals surface area contributed by atoms with E-state index in [1.54, 1.807) is 6.92 Å². The summed E-state index contributed by atoms with van der Waals surface area (Å²) in [5.74, 6) is 1.03. The minimum Gasteiger partial charge on any atom is -0.493 e. The van der Waals surface area contributed by atoms with Gasteiger partial charge in [-0.25, -0.2) is 4.79 Å². The van der Waals surface area contributed by atoms with Gasteiger partial charge in [-0.05, 0) is 32.8 Å². The molecule has 0 amide bonds. The van der Waals surface area contributed by atoms with Crippen molar-refractivity contribution in [1.29, 1.82) is 0 Å². The summed E-state index contributed by atoms with van der Waals surface area (Å²) in [6.07, 6.45) is 4.40. The summed E-state index contributed by atoms with van der Waals surface area (Å²) in [7, 11) is 0. The van der Waals surface area contributed by atoms with Crippen LogP contribution in [0.1, 0.15) is 33.1 Å². The van der Waals surface area contributed by atoms with Gasteiger partial charge in [0.15, 0.2) is 0 Å². The Labute approximate surface area is 107 Å². The highest BCUT2D eigenvalue weighted by Crippen LogP contribution is 2.30. The van der Waals surface area contributed by atoms with Gasteiger partial charge in [0.1, 0.15) is 5.76 Å². The first kappa shape index (κ1) is 14.1. The SMILES string of the molecule is CCOC(=O)C1=C(OCC)C=C(CCCCl)C1. The summed E-state index contributed by atoms with van der Waals surface area (Å²) in [4.78, 5) is 11.7. The molecular weight excluding hydrogens is 240 g/mol. The van der Waals surface area contributed by atoms with Crippen LogP contribution in [0.2, 0.25) is 0 Å². The van der Waals surface area contributed by atoms with Crippen LogP contribution in [0, 0.1) is 0 Å². The summed E-state index contributed by atoms with van der Waals surface area (Å²) in [5.41, 5.74) is 1.83. The number of rotatable bonds is 7. The maximum atomic E-state index is 11.7. The van der Waals surface area contributed by atoms with Gasteiger partial charge < -0.3 is 9.47 Å². The maximum absolute atomic E-state index is 11.7. The second-order valence-corrected chi connectivity index (χ2v) is 4.15. The molecule has 4 heteroatoms. The van der Waals surface area contributed by atoms with E-state index >= 15 is 0 Å². The zero-order chi connectivity index (χ0) is 12.7. The fourth-order valence-electron chi connectivity index (χ4n) is 1.77. The first-order valence-corrected chi connectivity index (χ1v) is 6.54. The Bertz CT molecular complexity index is 332. The fourth-order valence-corrected chi connectivity index (χ4v) is 1.90. The largest absolute Gasteiger partial charge is 0.493 e. The quantitative estimate of drug-likeness (QED) is 0.520. The molecule has 0 heterocycles. The molecule has 96 valence electrons. The smallest absolute Gasteiger partial charge is 0.338 e. The lowest BCUT2D eigenvalue weighted by atomic mass is 10.1. The van der Waals surface area contributed by atoms with Crippen molar-refractivity contribution in [3.63, 3.8) is 0 Å². The second-order valence-electron chi connectivity index (χ2n) is 3.77. The van der Waals surface area contributed by atoms with Crippen LogP contribution in [0.5, 0.6) is 0 Å². The third-order valence-electron chi connectivity index (χ3n) is 2.49. The van der Waals surface area contributed by atoms with Gasteiger partial charge in [-0.3, -0.25) is 0 Å². The van der Waals surface area contributed by atoms with Gasteiger partial charge in [-0.15, -0.1) is 11.6 Å². The van der Waals surface area contributed by atoms with Crippen molar-refractivity contribution >= 4 is 17.6 Å². The molecule has 0 aromatic carbocycles. The number of esters is 1. The summed E-state index contributed by atoms with van der Waals surface area (Å²) in [6, 6.07) is 0. The van der Waals surface area contributed by atoms with Crippen molar-refractivity contribution in [3.05, 3.63) is 23.0 Å². The summed E-state index contributed by atoms with van der Waals surface area (Å²) in [5, 5.41) is 0. The highest BCUT2D eigenvalue weighted by molar-refractivity contribution is 6.17. The number of alkyl halides is 1. The van der Waals surface area contributed by atoms with Gasteiger partial charge in [0.25, 0.3) is 0 Å². The van der Waals surface area contributed by atoms with Crippen LogP contribution in [-0.4, -0.2) is 25.1 Å². The van der Waals surface area contributed by atoms with Gasteiger partial charge in [-0.1, -0.05) is 5.57 Å². The van der Waals surface area contributed by atoms with E-state index in [9.17, 15) is 4.79 Å². The zero-order valence-corrected chi connectivity index (χ0v) is 11.2. The van der Waals surface area contributed by atoms with Gasteiger partial charge in [0, 0.05) is 12.3 Å². The lowest BCUT2D eigenvalue weighted by Gasteiger charge is -2.06. The van der Waals surface area contributed by atoms with Crippen LogP contribution in [0.3, 0.4) is 0 Å². The van der Waals surface area contributed by atoms with E-state index < -0.39 is 0 Å². The Morgan fingerprint density at radius 1 is 1.41 bits per heavy atom. The van der Waals surface area contributed by atoms with Crippen molar-refractivity contribution < 1.29 is 14.3 Å². The van der Waals surface area contributed by atoms with E-state index in [0.717, 1.165) is 12.8 Å². The van der Waals surface area contributed by atoms with Crippen LogP contribution in [0.25, 0.3) is 0 Å². The topological polar surface area (TPSA) is 35.5 Å². The lowest BCUT2D eigenvalue weighted by Crippen LogP contribution is -2.09. The molecule has 0 spiro atoms. The molecule has 0 aromatic heterocycles. The Morgan fingerprint density at radius 2 is 2.18 bits per heavy atom. The van der Waals surface area contributed by atoms with Crippen molar-refractivity contribution in [2.24, 2.45) is 0 Å². The number of hydrogen-bond donors (Lipinski definition) is 0. The van der Waals surface area contributed by atoms with Crippen LogP contribution < -0.4 is 0 Å². The number of ether oxygens (including phenoxy) is 2. The molecule has 1 aliphatic rings. The predicted molar refractivity (Wildman–Crippen MR) is 67.9 cm³/mol. The molecule has 17 heavy (non-hydrogen) atoms. The molecule has 3 nitrogen and oxygen atoms in total. The van der Waals surface area contributed by atoms with Crippen LogP contribution in [0.4, 0.5) is 0 Å². The first-order valence-electron chi connectivity index (χ1n) is 6.01. The molecule has 0 atom stereocenters. The Kier molecular flexibility index (Phi) is 6.12. The minimum atomic E-state index is -0.270. The minimum absolute atomic E-state index is 0.270. The Morgan fingerprint density at radius 3 is 2.76 bits per heavy atom. The van der Waals surface area contributed by atoms with Gasteiger partial charge >= 0.3 is 5.97 Å². The van der Waals surface area contributed by atoms with E-state index in [1.807, 2.05) is 13.0 Å². The molecule has 0 bridgehead atoms. The molecule has 0 aromatic rings.